The molecule has 5 heteroatoms. The zero-order valence-electron chi connectivity index (χ0n) is 13.7. The molecule has 0 saturated heterocycles. The lowest BCUT2D eigenvalue weighted by Crippen LogP contribution is -2.20. The number of azo groups is 1. The summed E-state index contributed by atoms with van der Waals surface area (Å²) in [5, 5.41) is 18.9. The molecule has 0 fully saturated rings. The average molecular weight is 543 g/mol. The smallest absolute Gasteiger partial charge is 0.192 e. The number of nitrogens with zero attached hydrogens (tertiary/aromatic N) is 3. The van der Waals surface area contributed by atoms with E-state index >= 15 is 0 Å². The molecule has 2 aromatic carbocycles. The van der Waals surface area contributed by atoms with Gasteiger partial charge in [-0.15, -0.1) is 0 Å². The Morgan fingerprint density at radius 3 is 2.00 bits per heavy atom. The average Bonchev–Trinajstić information content (AvgIpc) is 2.61. The van der Waals surface area contributed by atoms with Gasteiger partial charge in [0.15, 0.2) is 5.54 Å². The maximum absolute atomic E-state index is 9.79. The molecule has 0 saturated carbocycles. The molecule has 0 aromatic heterocycles. The zero-order valence-corrected chi connectivity index (χ0v) is 18.0. The van der Waals surface area contributed by atoms with Gasteiger partial charge in [-0.3, -0.25) is 0 Å². The van der Waals surface area contributed by atoms with Crippen molar-refractivity contribution in [3.05, 3.63) is 66.8 Å². The van der Waals surface area contributed by atoms with Crippen LogP contribution in [-0.2, 0) is 5.54 Å². The highest BCUT2D eigenvalue weighted by molar-refractivity contribution is 14.1. The third-order valence-corrected chi connectivity index (χ3v) is 5.47. The first-order valence-electron chi connectivity index (χ1n) is 7.89. The molecule has 2 aromatic rings. The van der Waals surface area contributed by atoms with Gasteiger partial charge >= 0.3 is 0 Å². The molecule has 0 N–H and O–H groups in total. The minimum atomic E-state index is -0.916. The minimum Gasteiger partial charge on any atom is -0.195 e. The number of halogens is 2. The summed E-state index contributed by atoms with van der Waals surface area (Å²) in [6, 6.07) is 18.6. The van der Waals surface area contributed by atoms with E-state index in [9.17, 15) is 5.26 Å². The fraction of sp³-hybridized carbons (Fsp3) is 0.316. The Morgan fingerprint density at radius 1 is 1.00 bits per heavy atom. The van der Waals surface area contributed by atoms with Crippen LogP contribution in [0.25, 0.3) is 0 Å². The number of hydrogen-bond acceptors (Lipinski definition) is 3. The Kier molecular flexibility index (Phi) is 7.16. The van der Waals surface area contributed by atoms with Gasteiger partial charge < -0.3 is 0 Å². The molecule has 2 unspecified atom stereocenters. The Balaban J connectivity index is 2.34. The summed E-state index contributed by atoms with van der Waals surface area (Å²) in [7, 11) is 0. The van der Waals surface area contributed by atoms with E-state index < -0.39 is 5.54 Å². The van der Waals surface area contributed by atoms with E-state index in [1.165, 1.54) is 3.57 Å². The molecule has 3 nitrogen and oxygen atoms in total. The van der Waals surface area contributed by atoms with E-state index in [1.54, 1.807) is 0 Å². The predicted octanol–water partition coefficient (Wildman–Crippen LogP) is 6.63. The van der Waals surface area contributed by atoms with Crippen molar-refractivity contribution in [3.63, 3.8) is 0 Å². The monoisotopic (exact) mass is 543 g/mol. The highest BCUT2D eigenvalue weighted by atomic mass is 127. The van der Waals surface area contributed by atoms with E-state index in [0.717, 1.165) is 21.1 Å². The van der Waals surface area contributed by atoms with Gasteiger partial charge in [0.25, 0.3) is 0 Å². The van der Waals surface area contributed by atoms with Crippen LogP contribution < -0.4 is 0 Å². The van der Waals surface area contributed by atoms with Gasteiger partial charge in [-0.2, -0.15) is 15.5 Å². The molecule has 0 heterocycles. The molecule has 2 rings (SSSR count). The largest absolute Gasteiger partial charge is 0.195 e. The van der Waals surface area contributed by atoms with Crippen molar-refractivity contribution in [3.8, 4) is 6.07 Å². The number of nitriles is 1. The standard InChI is InChI=1S/C19H19I2N3/c1-3-18(14-5-9-16(20)10-6-14)23-24-19(4-2,13-22)15-7-11-17(21)12-8-15/h5-12,18H,3-4H2,1-2H3/b24-23+. The first kappa shape index (κ1) is 19.3. The molecular formula is C19H19I2N3. The zero-order chi connectivity index (χ0) is 17.6. The summed E-state index contributed by atoms with van der Waals surface area (Å²) in [5.74, 6) is 0. The van der Waals surface area contributed by atoms with Gasteiger partial charge in [0, 0.05) is 7.14 Å². The third kappa shape index (κ3) is 4.54. The van der Waals surface area contributed by atoms with Gasteiger partial charge in [-0.25, -0.2) is 0 Å². The molecule has 0 amide bonds. The number of hydrogen-bond donors (Lipinski definition) is 0. The summed E-state index contributed by atoms with van der Waals surface area (Å²) in [4.78, 5) is 0. The van der Waals surface area contributed by atoms with Crippen LogP contribution in [0.4, 0.5) is 0 Å². The first-order valence-corrected chi connectivity index (χ1v) is 10.0. The van der Waals surface area contributed by atoms with Crippen LogP contribution in [0.15, 0.2) is 58.8 Å². The van der Waals surface area contributed by atoms with Crippen LogP contribution in [0.5, 0.6) is 0 Å². The van der Waals surface area contributed by atoms with Crippen molar-refractivity contribution in [2.24, 2.45) is 10.2 Å². The maximum Gasteiger partial charge on any atom is 0.192 e. The second kappa shape index (κ2) is 8.90. The quantitative estimate of drug-likeness (QED) is 0.298. The van der Waals surface area contributed by atoms with Gasteiger partial charge in [-0.1, -0.05) is 38.1 Å². The van der Waals surface area contributed by atoms with E-state index in [-0.39, 0.29) is 6.04 Å². The van der Waals surface area contributed by atoms with Crippen LogP contribution in [0.3, 0.4) is 0 Å². The summed E-state index contributed by atoms with van der Waals surface area (Å²) < 4.78 is 2.34. The number of rotatable bonds is 6. The van der Waals surface area contributed by atoms with Crippen molar-refractivity contribution in [2.75, 3.05) is 0 Å². The Hall–Kier alpha value is -1.01. The molecule has 0 aliphatic carbocycles. The van der Waals surface area contributed by atoms with Crippen LogP contribution >= 0.6 is 45.2 Å². The van der Waals surface area contributed by atoms with Crippen LogP contribution in [-0.4, -0.2) is 0 Å². The third-order valence-electron chi connectivity index (χ3n) is 4.03. The van der Waals surface area contributed by atoms with E-state index in [4.69, 9.17) is 0 Å². The fourth-order valence-electron chi connectivity index (χ4n) is 2.46. The molecule has 0 aliphatic rings. The first-order chi connectivity index (χ1) is 11.5. The molecule has 124 valence electrons. The topological polar surface area (TPSA) is 48.5 Å². The molecule has 0 radical (unpaired) electrons. The molecule has 0 aliphatic heterocycles. The van der Waals surface area contributed by atoms with Crippen molar-refractivity contribution in [2.45, 2.75) is 38.3 Å². The highest BCUT2D eigenvalue weighted by Gasteiger charge is 2.30. The van der Waals surface area contributed by atoms with Crippen molar-refractivity contribution < 1.29 is 0 Å². The molecule has 24 heavy (non-hydrogen) atoms. The normalized spacial score (nSPS) is 15.0. The van der Waals surface area contributed by atoms with Crippen LogP contribution in [0, 0.1) is 18.5 Å². The SMILES string of the molecule is CCC(/N=N/C(C#N)(CC)c1ccc(I)cc1)c1ccc(I)cc1. The summed E-state index contributed by atoms with van der Waals surface area (Å²) in [6.45, 7) is 4.07. The van der Waals surface area contributed by atoms with Gasteiger partial charge in [0.2, 0.25) is 0 Å². The van der Waals surface area contributed by atoms with E-state index in [2.05, 4.69) is 92.7 Å². The van der Waals surface area contributed by atoms with Crippen molar-refractivity contribution >= 4 is 45.2 Å². The van der Waals surface area contributed by atoms with Gasteiger partial charge in [0.1, 0.15) is 0 Å². The fourth-order valence-corrected chi connectivity index (χ4v) is 3.18. The highest BCUT2D eigenvalue weighted by Crippen LogP contribution is 2.32. The predicted molar refractivity (Wildman–Crippen MR) is 114 cm³/mol. The molecule has 0 spiro atoms. The molecular weight excluding hydrogens is 524 g/mol. The maximum atomic E-state index is 9.79. The summed E-state index contributed by atoms with van der Waals surface area (Å²) in [6.07, 6.45) is 1.44. The van der Waals surface area contributed by atoms with Crippen LogP contribution in [0.1, 0.15) is 43.9 Å². The molecule has 0 bridgehead atoms. The minimum absolute atomic E-state index is 0.0230. The Bertz CT molecular complexity index is 733. The van der Waals surface area contributed by atoms with Gasteiger partial charge in [0.05, 0.1) is 12.1 Å². The van der Waals surface area contributed by atoms with Crippen LogP contribution in [0.2, 0.25) is 0 Å². The van der Waals surface area contributed by atoms with E-state index in [0.29, 0.717) is 6.42 Å². The second-order valence-electron chi connectivity index (χ2n) is 5.52. The van der Waals surface area contributed by atoms with E-state index in [1.807, 2.05) is 31.2 Å². The second-order valence-corrected chi connectivity index (χ2v) is 8.01. The Morgan fingerprint density at radius 2 is 1.54 bits per heavy atom. The van der Waals surface area contributed by atoms with Crippen molar-refractivity contribution in [1.29, 1.82) is 5.26 Å². The summed E-state index contributed by atoms with van der Waals surface area (Å²) in [5.41, 5.74) is 1.11. The lowest BCUT2D eigenvalue weighted by Gasteiger charge is -2.21. The molecule has 2 atom stereocenters. The van der Waals surface area contributed by atoms with Crippen molar-refractivity contribution in [1.82, 2.24) is 0 Å². The van der Waals surface area contributed by atoms with Gasteiger partial charge in [-0.05, 0) is 93.4 Å². The number of benzene rings is 2. The Labute approximate surface area is 170 Å². The lowest BCUT2D eigenvalue weighted by atomic mass is 9.90. The summed E-state index contributed by atoms with van der Waals surface area (Å²) >= 11 is 4.55. The lowest BCUT2D eigenvalue weighted by molar-refractivity contribution is 0.493.